The van der Waals surface area contributed by atoms with Gasteiger partial charge in [0.25, 0.3) is 0 Å². The third-order valence-corrected chi connectivity index (χ3v) is 3.65. The van der Waals surface area contributed by atoms with Crippen molar-refractivity contribution in [2.24, 2.45) is 0 Å². The highest BCUT2D eigenvalue weighted by Gasteiger charge is 2.13. The summed E-state index contributed by atoms with van der Waals surface area (Å²) in [7, 11) is 0. The molecule has 0 saturated heterocycles. The Hall–Kier alpha value is -2.95. The second-order valence-electron chi connectivity index (χ2n) is 5.29. The Kier molecular flexibility index (Phi) is 3.93. The van der Waals surface area contributed by atoms with Crippen molar-refractivity contribution in [2.45, 2.75) is 13.5 Å². The zero-order valence-electron chi connectivity index (χ0n) is 12.5. The number of rotatable bonds is 3. The monoisotopic (exact) mass is 310 g/mol. The van der Waals surface area contributed by atoms with Crippen LogP contribution in [0.4, 0.5) is 10.1 Å². The minimum atomic E-state index is -0.518. The quantitative estimate of drug-likeness (QED) is 0.808. The molecule has 23 heavy (non-hydrogen) atoms. The minimum absolute atomic E-state index is 0.0710. The molecule has 1 N–H and O–H groups in total. The van der Waals surface area contributed by atoms with E-state index in [0.717, 1.165) is 0 Å². The van der Waals surface area contributed by atoms with E-state index in [2.05, 4.69) is 5.32 Å². The average Bonchev–Trinajstić information content (AvgIpc) is 2.52. The molecule has 3 aromatic rings. The summed E-state index contributed by atoms with van der Waals surface area (Å²) in [5, 5.41) is 3.02. The van der Waals surface area contributed by atoms with Crippen molar-refractivity contribution in [3.8, 4) is 0 Å². The van der Waals surface area contributed by atoms with Gasteiger partial charge in [-0.15, -0.1) is 0 Å². The number of amides is 1. The molecule has 4 nitrogen and oxygen atoms in total. The van der Waals surface area contributed by atoms with Gasteiger partial charge in [0.1, 0.15) is 12.4 Å². The predicted octanol–water partition coefficient (Wildman–Crippen LogP) is 3.09. The lowest BCUT2D eigenvalue weighted by molar-refractivity contribution is -0.116. The first-order valence-corrected chi connectivity index (χ1v) is 7.20. The summed E-state index contributed by atoms with van der Waals surface area (Å²) in [5.41, 5.74) is 1.11. The molecule has 1 heterocycles. The van der Waals surface area contributed by atoms with E-state index in [0.29, 0.717) is 11.4 Å². The lowest BCUT2D eigenvalue weighted by Crippen LogP contribution is -2.22. The van der Waals surface area contributed by atoms with Crippen molar-refractivity contribution in [2.75, 3.05) is 5.32 Å². The van der Waals surface area contributed by atoms with E-state index in [-0.39, 0.29) is 28.8 Å². The van der Waals surface area contributed by atoms with Crippen LogP contribution < -0.4 is 10.7 Å². The summed E-state index contributed by atoms with van der Waals surface area (Å²) in [5.74, 6) is -0.802. The van der Waals surface area contributed by atoms with Crippen molar-refractivity contribution >= 4 is 22.5 Å². The molecule has 0 atom stereocenters. The first-order valence-electron chi connectivity index (χ1n) is 7.20. The molecule has 0 saturated carbocycles. The van der Waals surface area contributed by atoms with Crippen LogP contribution in [0.3, 0.4) is 0 Å². The van der Waals surface area contributed by atoms with Gasteiger partial charge in [0.05, 0.1) is 5.52 Å². The molecule has 116 valence electrons. The number of fused-ring (bicyclic) bond motifs is 1. The first-order chi connectivity index (χ1) is 11.1. The van der Waals surface area contributed by atoms with E-state index < -0.39 is 5.82 Å². The number of carbonyl (C=O) groups excluding carboxylic acids is 1. The van der Waals surface area contributed by atoms with Gasteiger partial charge < -0.3 is 9.88 Å². The molecule has 0 aliphatic heterocycles. The maximum Gasteiger partial charge on any atom is 0.244 e. The summed E-state index contributed by atoms with van der Waals surface area (Å²) < 4.78 is 15.7. The predicted molar refractivity (Wildman–Crippen MR) is 88.0 cm³/mol. The number of aromatic nitrogens is 1. The van der Waals surface area contributed by atoms with Gasteiger partial charge in [-0.05, 0) is 31.2 Å². The Morgan fingerprint density at radius 2 is 1.87 bits per heavy atom. The van der Waals surface area contributed by atoms with Crippen LogP contribution in [-0.4, -0.2) is 10.5 Å². The molecule has 0 fully saturated rings. The molecule has 2 aromatic carbocycles. The zero-order valence-corrected chi connectivity index (χ0v) is 12.5. The molecule has 3 rings (SSSR count). The Labute approximate surface area is 132 Å². The maximum absolute atomic E-state index is 14.2. The van der Waals surface area contributed by atoms with E-state index in [1.54, 1.807) is 25.1 Å². The smallest absolute Gasteiger partial charge is 0.244 e. The first kappa shape index (κ1) is 15.0. The summed E-state index contributed by atoms with van der Waals surface area (Å²) >= 11 is 0. The molecule has 1 aromatic heterocycles. The highest BCUT2D eigenvalue weighted by molar-refractivity contribution is 5.92. The van der Waals surface area contributed by atoms with Crippen molar-refractivity contribution < 1.29 is 9.18 Å². The van der Waals surface area contributed by atoms with Gasteiger partial charge in [0, 0.05) is 22.8 Å². The normalized spacial score (nSPS) is 10.7. The fourth-order valence-corrected chi connectivity index (χ4v) is 2.58. The van der Waals surface area contributed by atoms with E-state index in [1.807, 2.05) is 18.2 Å². The number of halogens is 1. The van der Waals surface area contributed by atoms with Gasteiger partial charge in [0.15, 0.2) is 5.43 Å². The van der Waals surface area contributed by atoms with Gasteiger partial charge in [-0.1, -0.05) is 24.3 Å². The molecular weight excluding hydrogens is 295 g/mol. The molecular formula is C18H15FN2O2. The van der Waals surface area contributed by atoms with Gasteiger partial charge in [0.2, 0.25) is 5.91 Å². The zero-order chi connectivity index (χ0) is 16.4. The highest BCUT2D eigenvalue weighted by Crippen LogP contribution is 2.17. The van der Waals surface area contributed by atoms with Crippen molar-refractivity contribution in [1.29, 1.82) is 0 Å². The average molecular weight is 310 g/mol. The number of benzene rings is 2. The van der Waals surface area contributed by atoms with Gasteiger partial charge >= 0.3 is 0 Å². The van der Waals surface area contributed by atoms with Gasteiger partial charge in [-0.25, -0.2) is 4.39 Å². The molecule has 0 radical (unpaired) electrons. The molecule has 1 amide bonds. The van der Waals surface area contributed by atoms with E-state index in [9.17, 15) is 14.0 Å². The number of hydrogen-bond donors (Lipinski definition) is 1. The fourth-order valence-electron chi connectivity index (χ4n) is 2.58. The SMILES string of the molecule is Cc1cc(=O)c2cccc(F)c2n1CC(=O)Nc1ccccc1. The van der Waals surface area contributed by atoms with Crippen LogP contribution in [0.15, 0.2) is 59.4 Å². The highest BCUT2D eigenvalue weighted by atomic mass is 19.1. The largest absolute Gasteiger partial charge is 0.333 e. The van der Waals surface area contributed by atoms with Crippen molar-refractivity contribution in [1.82, 2.24) is 4.57 Å². The third kappa shape index (κ3) is 2.99. The second kappa shape index (κ2) is 6.04. The Bertz CT molecular complexity index is 933. The van der Waals surface area contributed by atoms with E-state index >= 15 is 0 Å². The minimum Gasteiger partial charge on any atom is -0.333 e. The number of para-hydroxylation sites is 2. The van der Waals surface area contributed by atoms with Crippen LogP contribution in [0.5, 0.6) is 0 Å². The van der Waals surface area contributed by atoms with Crippen LogP contribution in [0.25, 0.3) is 10.9 Å². The van der Waals surface area contributed by atoms with Crippen molar-refractivity contribution in [3.05, 3.63) is 76.3 Å². The van der Waals surface area contributed by atoms with Crippen LogP contribution in [-0.2, 0) is 11.3 Å². The topological polar surface area (TPSA) is 51.1 Å². The Morgan fingerprint density at radius 1 is 1.13 bits per heavy atom. The maximum atomic E-state index is 14.2. The number of nitrogens with one attached hydrogen (secondary N) is 1. The lowest BCUT2D eigenvalue weighted by atomic mass is 10.1. The van der Waals surface area contributed by atoms with Crippen LogP contribution in [0.1, 0.15) is 5.69 Å². The Balaban J connectivity index is 2.00. The number of nitrogens with zero attached hydrogens (tertiary/aromatic N) is 1. The molecule has 0 aliphatic carbocycles. The Morgan fingerprint density at radius 3 is 2.61 bits per heavy atom. The van der Waals surface area contributed by atoms with Crippen molar-refractivity contribution in [3.63, 3.8) is 0 Å². The molecule has 0 aliphatic rings. The number of carbonyl (C=O) groups is 1. The molecule has 0 bridgehead atoms. The van der Waals surface area contributed by atoms with Gasteiger partial charge in [-0.3, -0.25) is 9.59 Å². The number of pyridine rings is 1. The number of hydrogen-bond acceptors (Lipinski definition) is 2. The van der Waals surface area contributed by atoms with Crippen LogP contribution in [0, 0.1) is 12.7 Å². The van der Waals surface area contributed by atoms with Crippen LogP contribution >= 0.6 is 0 Å². The summed E-state index contributed by atoms with van der Waals surface area (Å²) in [6, 6.07) is 14.8. The number of aryl methyl sites for hydroxylation is 1. The second-order valence-corrected chi connectivity index (χ2v) is 5.29. The van der Waals surface area contributed by atoms with E-state index in [4.69, 9.17) is 0 Å². The number of anilines is 1. The fraction of sp³-hybridized carbons (Fsp3) is 0.111. The van der Waals surface area contributed by atoms with Gasteiger partial charge in [-0.2, -0.15) is 0 Å². The third-order valence-electron chi connectivity index (χ3n) is 3.65. The molecule has 5 heteroatoms. The standard InChI is InChI=1S/C18H15FN2O2/c1-12-10-16(22)14-8-5-9-15(19)18(14)21(12)11-17(23)20-13-6-3-2-4-7-13/h2-10H,11H2,1H3,(H,20,23). The summed E-state index contributed by atoms with van der Waals surface area (Å²) in [6.45, 7) is 1.61. The molecule has 0 unspecified atom stereocenters. The van der Waals surface area contributed by atoms with Crippen LogP contribution in [0.2, 0.25) is 0 Å². The summed E-state index contributed by atoms with van der Waals surface area (Å²) in [4.78, 5) is 24.2. The molecule has 0 spiro atoms. The lowest BCUT2D eigenvalue weighted by Gasteiger charge is -2.15. The van der Waals surface area contributed by atoms with E-state index in [1.165, 1.54) is 22.8 Å². The summed E-state index contributed by atoms with van der Waals surface area (Å²) in [6.07, 6.45) is 0.